The molecule has 1 aliphatic heterocycles. The molecule has 0 saturated carbocycles. The maximum absolute atomic E-state index is 5.69. The molecule has 2 heterocycles. The first kappa shape index (κ1) is 22.2. The normalized spacial score (nSPS) is 14.2. The predicted molar refractivity (Wildman–Crippen MR) is 123 cm³/mol. The minimum absolute atomic E-state index is 0. The van der Waals surface area contributed by atoms with E-state index in [2.05, 4.69) is 31.6 Å². The summed E-state index contributed by atoms with van der Waals surface area (Å²) in [5.41, 5.74) is 1.14. The molecule has 0 amide bonds. The highest BCUT2D eigenvalue weighted by atomic mass is 127. The molecule has 0 spiro atoms. The Morgan fingerprint density at radius 1 is 1.14 bits per heavy atom. The van der Waals surface area contributed by atoms with Crippen LogP contribution in [0.4, 0.5) is 5.82 Å². The Kier molecular flexibility index (Phi) is 9.84. The Hall–Kier alpha value is -2.07. The van der Waals surface area contributed by atoms with Gasteiger partial charge in [0.15, 0.2) is 5.96 Å². The minimum Gasteiger partial charge on any atom is -0.492 e. The van der Waals surface area contributed by atoms with Gasteiger partial charge >= 0.3 is 0 Å². The molecule has 2 N–H and O–H groups in total. The van der Waals surface area contributed by atoms with E-state index >= 15 is 0 Å². The van der Waals surface area contributed by atoms with E-state index in [1.54, 1.807) is 7.05 Å². The summed E-state index contributed by atoms with van der Waals surface area (Å²) in [7, 11) is 1.76. The van der Waals surface area contributed by atoms with E-state index in [4.69, 9.17) is 9.47 Å². The zero-order valence-electron chi connectivity index (χ0n) is 16.1. The third kappa shape index (κ3) is 6.83. The number of rotatable bonds is 7. The van der Waals surface area contributed by atoms with Gasteiger partial charge in [0, 0.05) is 38.4 Å². The lowest BCUT2D eigenvalue weighted by Gasteiger charge is -2.29. The monoisotopic (exact) mass is 497 g/mol. The summed E-state index contributed by atoms with van der Waals surface area (Å²) < 4.78 is 11.1. The summed E-state index contributed by atoms with van der Waals surface area (Å²) >= 11 is 0. The molecule has 7 nitrogen and oxygen atoms in total. The SMILES string of the molecule is CN=C(NCCOc1ccccc1)NCc1cccnc1N1CCOCC1.I. The molecular weight excluding hydrogens is 469 g/mol. The van der Waals surface area contributed by atoms with Crippen LogP contribution in [0, 0.1) is 0 Å². The highest BCUT2D eigenvalue weighted by Crippen LogP contribution is 2.18. The van der Waals surface area contributed by atoms with E-state index in [1.807, 2.05) is 42.6 Å². The molecule has 0 atom stereocenters. The molecule has 1 saturated heterocycles. The third-order valence-electron chi connectivity index (χ3n) is 4.25. The fourth-order valence-electron chi connectivity index (χ4n) is 2.88. The van der Waals surface area contributed by atoms with Gasteiger partial charge in [-0.3, -0.25) is 4.99 Å². The fourth-order valence-corrected chi connectivity index (χ4v) is 2.88. The molecule has 1 fully saturated rings. The smallest absolute Gasteiger partial charge is 0.191 e. The van der Waals surface area contributed by atoms with Crippen LogP contribution in [0.1, 0.15) is 5.56 Å². The first-order valence-corrected chi connectivity index (χ1v) is 9.26. The van der Waals surface area contributed by atoms with Crippen molar-refractivity contribution in [1.29, 1.82) is 0 Å². The molecule has 28 heavy (non-hydrogen) atoms. The van der Waals surface area contributed by atoms with Crippen LogP contribution in [-0.4, -0.2) is 57.4 Å². The molecule has 0 aliphatic carbocycles. The summed E-state index contributed by atoms with van der Waals surface area (Å²) in [4.78, 5) is 11.1. The number of nitrogens with zero attached hydrogens (tertiary/aromatic N) is 3. The Bertz CT molecular complexity index is 724. The average molecular weight is 497 g/mol. The van der Waals surface area contributed by atoms with Crippen molar-refractivity contribution in [3.8, 4) is 5.75 Å². The van der Waals surface area contributed by atoms with Crippen LogP contribution in [0.15, 0.2) is 53.7 Å². The number of aromatic nitrogens is 1. The van der Waals surface area contributed by atoms with Crippen molar-refractivity contribution in [2.24, 2.45) is 4.99 Å². The highest BCUT2D eigenvalue weighted by Gasteiger charge is 2.15. The van der Waals surface area contributed by atoms with E-state index in [1.165, 1.54) is 0 Å². The van der Waals surface area contributed by atoms with Crippen molar-refractivity contribution < 1.29 is 9.47 Å². The van der Waals surface area contributed by atoms with Gasteiger partial charge in [-0.15, -0.1) is 24.0 Å². The van der Waals surface area contributed by atoms with E-state index in [9.17, 15) is 0 Å². The zero-order chi connectivity index (χ0) is 18.7. The van der Waals surface area contributed by atoms with E-state index in [0.29, 0.717) is 19.7 Å². The summed E-state index contributed by atoms with van der Waals surface area (Å²) in [5, 5.41) is 6.62. The topological polar surface area (TPSA) is 71.0 Å². The van der Waals surface area contributed by atoms with Crippen LogP contribution in [0.5, 0.6) is 5.75 Å². The van der Waals surface area contributed by atoms with Crippen LogP contribution in [0.25, 0.3) is 0 Å². The minimum atomic E-state index is 0. The number of morpholine rings is 1. The molecule has 1 aromatic heterocycles. The van der Waals surface area contributed by atoms with Crippen LogP contribution in [0.3, 0.4) is 0 Å². The quantitative estimate of drug-likeness (QED) is 0.265. The first-order valence-electron chi connectivity index (χ1n) is 9.26. The van der Waals surface area contributed by atoms with E-state index in [0.717, 1.165) is 49.4 Å². The van der Waals surface area contributed by atoms with Gasteiger partial charge in [-0.05, 0) is 18.2 Å². The number of guanidine groups is 1. The molecule has 3 rings (SSSR count). The van der Waals surface area contributed by atoms with Crippen molar-refractivity contribution in [2.75, 3.05) is 51.4 Å². The lowest BCUT2D eigenvalue weighted by Crippen LogP contribution is -2.40. The molecular formula is C20H28IN5O2. The maximum atomic E-state index is 5.69. The van der Waals surface area contributed by atoms with Gasteiger partial charge in [0.05, 0.1) is 19.8 Å². The molecule has 0 radical (unpaired) electrons. The maximum Gasteiger partial charge on any atom is 0.191 e. The standard InChI is InChI=1S/C20H27N5O2.HI/c1-21-20(23-10-13-27-18-7-3-2-4-8-18)24-16-17-6-5-9-22-19(17)25-11-14-26-15-12-25;/h2-9H,10-16H2,1H3,(H2,21,23,24);1H. The van der Waals surface area contributed by atoms with Crippen LogP contribution >= 0.6 is 24.0 Å². The molecule has 0 unspecified atom stereocenters. The molecule has 152 valence electrons. The summed E-state index contributed by atoms with van der Waals surface area (Å²) in [6.45, 7) is 5.11. The lowest BCUT2D eigenvalue weighted by molar-refractivity contribution is 0.122. The van der Waals surface area contributed by atoms with Crippen molar-refractivity contribution in [1.82, 2.24) is 15.6 Å². The third-order valence-corrected chi connectivity index (χ3v) is 4.25. The zero-order valence-corrected chi connectivity index (χ0v) is 18.5. The number of para-hydroxylation sites is 1. The van der Waals surface area contributed by atoms with Crippen molar-refractivity contribution in [3.63, 3.8) is 0 Å². The number of hydrogen-bond acceptors (Lipinski definition) is 5. The van der Waals surface area contributed by atoms with Crippen molar-refractivity contribution in [2.45, 2.75) is 6.54 Å². The molecule has 1 aliphatic rings. The van der Waals surface area contributed by atoms with Gasteiger partial charge in [-0.1, -0.05) is 24.3 Å². The first-order chi connectivity index (χ1) is 13.4. The molecule has 0 bridgehead atoms. The molecule has 2 aromatic rings. The second-order valence-corrected chi connectivity index (χ2v) is 6.10. The molecule has 8 heteroatoms. The number of halogens is 1. The highest BCUT2D eigenvalue weighted by molar-refractivity contribution is 14.0. The number of anilines is 1. The van der Waals surface area contributed by atoms with Gasteiger partial charge < -0.3 is 25.0 Å². The van der Waals surface area contributed by atoms with Gasteiger partial charge in [-0.25, -0.2) is 4.98 Å². The summed E-state index contributed by atoms with van der Waals surface area (Å²) in [5.74, 6) is 2.62. The number of pyridine rings is 1. The largest absolute Gasteiger partial charge is 0.492 e. The number of nitrogens with one attached hydrogen (secondary N) is 2. The number of hydrogen-bond donors (Lipinski definition) is 2. The second-order valence-electron chi connectivity index (χ2n) is 6.10. The summed E-state index contributed by atoms with van der Waals surface area (Å²) in [6.07, 6.45) is 1.84. The second kappa shape index (κ2) is 12.4. The van der Waals surface area contributed by atoms with Crippen LogP contribution < -0.4 is 20.3 Å². The summed E-state index contributed by atoms with van der Waals surface area (Å²) in [6, 6.07) is 13.8. The van der Waals surface area contributed by atoms with Gasteiger partial charge in [-0.2, -0.15) is 0 Å². The average Bonchev–Trinajstić information content (AvgIpc) is 2.75. The van der Waals surface area contributed by atoms with Crippen LogP contribution in [0.2, 0.25) is 0 Å². The number of benzene rings is 1. The number of aliphatic imine (C=N–C) groups is 1. The number of ether oxygens (including phenoxy) is 2. The van der Waals surface area contributed by atoms with Crippen LogP contribution in [-0.2, 0) is 11.3 Å². The van der Waals surface area contributed by atoms with Gasteiger partial charge in [0.1, 0.15) is 18.2 Å². The van der Waals surface area contributed by atoms with Crippen molar-refractivity contribution in [3.05, 3.63) is 54.2 Å². The molecule has 1 aromatic carbocycles. The van der Waals surface area contributed by atoms with Gasteiger partial charge in [0.2, 0.25) is 0 Å². The Morgan fingerprint density at radius 3 is 2.68 bits per heavy atom. The Labute approximate surface area is 183 Å². The Balaban J connectivity index is 0.00000280. The van der Waals surface area contributed by atoms with E-state index in [-0.39, 0.29) is 24.0 Å². The van der Waals surface area contributed by atoms with Gasteiger partial charge in [0.25, 0.3) is 0 Å². The Morgan fingerprint density at radius 2 is 1.93 bits per heavy atom. The van der Waals surface area contributed by atoms with E-state index < -0.39 is 0 Å². The fraction of sp³-hybridized carbons (Fsp3) is 0.400. The van der Waals surface area contributed by atoms with Crippen molar-refractivity contribution >= 4 is 35.8 Å². The lowest BCUT2D eigenvalue weighted by atomic mass is 10.2. The predicted octanol–water partition coefficient (Wildman–Crippen LogP) is 2.28.